The van der Waals surface area contributed by atoms with Crippen LogP contribution >= 0.6 is 0 Å². The number of nitrogens with zero attached hydrogens (tertiary/aromatic N) is 5. The lowest BCUT2D eigenvalue weighted by atomic mass is 10.0. The highest BCUT2D eigenvalue weighted by Gasteiger charge is 2.40. The molecule has 1 aromatic carbocycles. The number of carbonyl (C=O) groups is 1. The molecule has 0 saturated carbocycles. The number of benzene rings is 1. The molecule has 4 heterocycles. The van der Waals surface area contributed by atoms with E-state index in [2.05, 4.69) is 25.3 Å². The Hall–Kier alpha value is -3.95. The van der Waals surface area contributed by atoms with Gasteiger partial charge in [0.05, 0.1) is 12.2 Å². The number of anilines is 1. The molecule has 1 amide bonds. The van der Waals surface area contributed by atoms with E-state index in [9.17, 15) is 4.79 Å². The van der Waals surface area contributed by atoms with E-state index >= 15 is 0 Å². The van der Waals surface area contributed by atoms with Crippen LogP contribution in [0.15, 0.2) is 72.0 Å². The van der Waals surface area contributed by atoms with Crippen LogP contribution in [-0.4, -0.2) is 49.8 Å². The Labute approximate surface area is 197 Å². The van der Waals surface area contributed by atoms with Crippen LogP contribution in [0.25, 0.3) is 17.3 Å². The number of nitrogens with one attached hydrogen (secondary N) is 1. The molecule has 5 rings (SSSR count). The summed E-state index contributed by atoms with van der Waals surface area (Å²) in [6, 6.07) is 15.2. The molecule has 2 aliphatic heterocycles. The van der Waals surface area contributed by atoms with E-state index in [1.54, 1.807) is 30.3 Å². The number of aryl methyl sites for hydroxylation is 1. The molecule has 1 N–H and O–H groups in total. The molecular formula is C25H24N6O3. The van der Waals surface area contributed by atoms with Crippen LogP contribution in [0.2, 0.25) is 0 Å². The van der Waals surface area contributed by atoms with Crippen LogP contribution in [0.5, 0.6) is 0 Å². The third kappa shape index (κ3) is 4.30. The fourth-order valence-corrected chi connectivity index (χ4v) is 3.85. The van der Waals surface area contributed by atoms with E-state index < -0.39 is 6.23 Å². The Bertz CT molecular complexity index is 1270. The van der Waals surface area contributed by atoms with E-state index in [1.807, 2.05) is 56.3 Å². The van der Waals surface area contributed by atoms with Gasteiger partial charge in [0.15, 0.2) is 12.1 Å². The van der Waals surface area contributed by atoms with Gasteiger partial charge in [-0.2, -0.15) is 9.97 Å². The Morgan fingerprint density at radius 1 is 1.09 bits per heavy atom. The van der Waals surface area contributed by atoms with Crippen LogP contribution in [0.3, 0.4) is 0 Å². The first-order valence-electron chi connectivity index (χ1n) is 11.0. The zero-order chi connectivity index (χ0) is 23.7. The number of ether oxygens (including phenoxy) is 1. The summed E-state index contributed by atoms with van der Waals surface area (Å²) in [6.07, 6.45) is 2.92. The van der Waals surface area contributed by atoms with Crippen molar-refractivity contribution < 1.29 is 14.4 Å². The van der Waals surface area contributed by atoms with Gasteiger partial charge in [-0.15, -0.1) is 5.06 Å². The van der Waals surface area contributed by atoms with Gasteiger partial charge < -0.3 is 4.74 Å². The maximum absolute atomic E-state index is 13.5. The number of rotatable bonds is 5. The van der Waals surface area contributed by atoms with Gasteiger partial charge in [-0.05, 0) is 39.0 Å². The van der Waals surface area contributed by atoms with Crippen LogP contribution in [-0.2, 0) is 14.4 Å². The summed E-state index contributed by atoms with van der Waals surface area (Å²) in [5, 5.41) is 4.60. The van der Waals surface area contributed by atoms with Gasteiger partial charge in [0.2, 0.25) is 5.95 Å². The number of aromatic nitrogens is 4. The van der Waals surface area contributed by atoms with E-state index in [1.165, 1.54) is 0 Å². The van der Waals surface area contributed by atoms with Crippen molar-refractivity contribution in [2.24, 2.45) is 0 Å². The van der Waals surface area contributed by atoms with E-state index in [-0.39, 0.29) is 24.5 Å². The number of amides is 1. The summed E-state index contributed by atoms with van der Waals surface area (Å²) in [7, 11) is 0. The Balaban J connectivity index is 1.50. The molecule has 2 aromatic heterocycles. The van der Waals surface area contributed by atoms with Gasteiger partial charge in [-0.3, -0.25) is 19.9 Å². The molecule has 2 aliphatic rings. The van der Waals surface area contributed by atoms with Crippen molar-refractivity contribution in [2.75, 3.05) is 11.9 Å². The molecule has 1 saturated heterocycles. The molecule has 0 aliphatic carbocycles. The molecule has 3 aromatic rings. The van der Waals surface area contributed by atoms with Crippen molar-refractivity contribution in [1.82, 2.24) is 25.0 Å². The molecule has 34 heavy (non-hydrogen) atoms. The first-order valence-corrected chi connectivity index (χ1v) is 11.0. The van der Waals surface area contributed by atoms with Gasteiger partial charge in [-0.1, -0.05) is 36.4 Å². The number of fused-ring (bicyclic) bond motifs is 1. The summed E-state index contributed by atoms with van der Waals surface area (Å²) < 4.78 is 6.27. The molecule has 1 fully saturated rings. The maximum Gasteiger partial charge on any atom is 0.258 e. The van der Waals surface area contributed by atoms with Crippen molar-refractivity contribution in [1.29, 1.82) is 0 Å². The minimum absolute atomic E-state index is 0.0639. The highest BCUT2D eigenvalue weighted by atomic mass is 16.7. The van der Waals surface area contributed by atoms with E-state index in [0.717, 1.165) is 11.1 Å². The summed E-state index contributed by atoms with van der Waals surface area (Å²) in [5.74, 6) is 1.27. The topological polar surface area (TPSA) is 102 Å². The van der Waals surface area contributed by atoms with Gasteiger partial charge in [0.25, 0.3) is 5.91 Å². The van der Waals surface area contributed by atoms with Gasteiger partial charge in [0, 0.05) is 23.4 Å². The minimum atomic E-state index is -0.495. The fourth-order valence-electron chi connectivity index (χ4n) is 3.85. The average Bonchev–Trinajstić information content (AvgIpc) is 3.28. The van der Waals surface area contributed by atoms with E-state index in [0.29, 0.717) is 28.7 Å². The highest BCUT2D eigenvalue weighted by molar-refractivity contribution is 6.07. The third-order valence-electron chi connectivity index (χ3n) is 5.44. The standard InChI is InChI=1S/C25H24N6O3/c1-15(2)31-24-19(14-33-31)18(13-21(34-24)17-9-5-4-6-10-17)23(32)30-25-28-16(3)27-22(29-25)20-11-7-8-12-26-20/h4-13,15,24H,14H2,1-3H3,(H,27,28,29,30,32). The molecule has 0 spiro atoms. The van der Waals surface area contributed by atoms with Gasteiger partial charge >= 0.3 is 0 Å². The summed E-state index contributed by atoms with van der Waals surface area (Å²) in [4.78, 5) is 36.7. The second-order valence-corrected chi connectivity index (χ2v) is 8.21. The SMILES string of the molecule is Cc1nc(NC(=O)C2=C3CON(C(C)C)C3OC(c3ccccc3)=C2)nc(-c2ccccn2)n1. The third-order valence-corrected chi connectivity index (χ3v) is 5.44. The fraction of sp³-hybridized carbons (Fsp3) is 0.240. The lowest BCUT2D eigenvalue weighted by Gasteiger charge is -2.30. The van der Waals surface area contributed by atoms with Gasteiger partial charge in [-0.25, -0.2) is 4.98 Å². The van der Waals surface area contributed by atoms with Crippen molar-refractivity contribution >= 4 is 17.6 Å². The normalized spacial score (nSPS) is 17.9. The smallest absolute Gasteiger partial charge is 0.258 e. The highest BCUT2D eigenvalue weighted by Crippen LogP contribution is 2.36. The Morgan fingerprint density at radius 2 is 1.88 bits per heavy atom. The second-order valence-electron chi connectivity index (χ2n) is 8.21. The van der Waals surface area contributed by atoms with Crippen LogP contribution in [0.1, 0.15) is 25.2 Å². The first kappa shape index (κ1) is 21.9. The first-order chi connectivity index (χ1) is 16.5. The molecule has 1 unspecified atom stereocenters. The summed E-state index contributed by atoms with van der Waals surface area (Å²) >= 11 is 0. The predicted molar refractivity (Wildman–Crippen MR) is 126 cm³/mol. The quantitative estimate of drug-likeness (QED) is 0.622. The zero-order valence-corrected chi connectivity index (χ0v) is 19.1. The van der Waals surface area contributed by atoms with Crippen molar-refractivity contribution in [3.05, 3.63) is 83.3 Å². The summed E-state index contributed by atoms with van der Waals surface area (Å²) in [6.45, 7) is 6.03. The monoisotopic (exact) mass is 456 g/mol. The van der Waals surface area contributed by atoms with Crippen molar-refractivity contribution in [3.63, 3.8) is 0 Å². The number of hydrogen-bond donors (Lipinski definition) is 1. The predicted octanol–water partition coefficient (Wildman–Crippen LogP) is 3.53. The maximum atomic E-state index is 13.5. The molecule has 9 nitrogen and oxygen atoms in total. The van der Waals surface area contributed by atoms with E-state index in [4.69, 9.17) is 9.57 Å². The number of hydroxylamine groups is 2. The van der Waals surface area contributed by atoms with Crippen LogP contribution in [0, 0.1) is 6.92 Å². The molecule has 1 atom stereocenters. The average molecular weight is 457 g/mol. The Kier molecular flexibility index (Phi) is 5.87. The Morgan fingerprint density at radius 3 is 2.62 bits per heavy atom. The number of carbonyl (C=O) groups excluding carboxylic acids is 1. The molecule has 9 heteroatoms. The molecule has 0 radical (unpaired) electrons. The number of pyridine rings is 1. The van der Waals surface area contributed by atoms with Crippen molar-refractivity contribution in [3.8, 4) is 11.5 Å². The molecular weight excluding hydrogens is 432 g/mol. The number of hydrogen-bond acceptors (Lipinski definition) is 8. The zero-order valence-electron chi connectivity index (χ0n) is 19.1. The molecule has 172 valence electrons. The van der Waals surface area contributed by atoms with Gasteiger partial charge in [0.1, 0.15) is 17.3 Å². The van der Waals surface area contributed by atoms with Crippen LogP contribution in [0.4, 0.5) is 5.95 Å². The largest absolute Gasteiger partial charge is 0.468 e. The molecule has 0 bridgehead atoms. The second kappa shape index (κ2) is 9.12. The lowest BCUT2D eigenvalue weighted by molar-refractivity contribution is -0.196. The lowest BCUT2D eigenvalue weighted by Crippen LogP contribution is -2.38. The van der Waals surface area contributed by atoms with Crippen molar-refractivity contribution in [2.45, 2.75) is 33.0 Å². The van der Waals surface area contributed by atoms with Crippen LogP contribution < -0.4 is 5.32 Å². The summed E-state index contributed by atoms with van der Waals surface area (Å²) in [5.41, 5.74) is 2.69. The minimum Gasteiger partial charge on any atom is -0.468 e.